The van der Waals surface area contributed by atoms with Gasteiger partial charge in [-0.25, -0.2) is 0 Å². The lowest BCUT2D eigenvalue weighted by Crippen LogP contribution is -2.50. The summed E-state index contributed by atoms with van der Waals surface area (Å²) in [6, 6.07) is 0.730. The largest absolute Gasteiger partial charge is 0.393 e. The van der Waals surface area contributed by atoms with E-state index in [-0.39, 0.29) is 6.10 Å². The number of piperidine rings is 1. The van der Waals surface area contributed by atoms with E-state index in [1.54, 1.807) is 11.1 Å². The van der Waals surface area contributed by atoms with Gasteiger partial charge >= 0.3 is 0 Å². The molecule has 0 amide bonds. The molecule has 1 heterocycles. The molecular formula is C25H39NO. The van der Waals surface area contributed by atoms with Crippen molar-refractivity contribution in [1.29, 1.82) is 0 Å². The zero-order valence-electron chi connectivity index (χ0n) is 17.5. The molecule has 2 saturated carbocycles. The molecule has 1 unspecified atom stereocenters. The van der Waals surface area contributed by atoms with E-state index in [0.29, 0.717) is 10.8 Å². The molecule has 0 aromatic rings. The summed E-state index contributed by atoms with van der Waals surface area (Å²) in [7, 11) is 0. The van der Waals surface area contributed by atoms with Crippen LogP contribution >= 0.6 is 0 Å². The van der Waals surface area contributed by atoms with Gasteiger partial charge in [-0.3, -0.25) is 0 Å². The molecule has 5 rings (SSSR count). The van der Waals surface area contributed by atoms with E-state index in [1.165, 1.54) is 64.3 Å². The molecule has 27 heavy (non-hydrogen) atoms. The van der Waals surface area contributed by atoms with Crippen LogP contribution < -0.4 is 5.32 Å². The van der Waals surface area contributed by atoms with Crippen molar-refractivity contribution in [2.24, 2.45) is 28.6 Å². The first kappa shape index (κ1) is 18.4. The molecule has 4 aliphatic carbocycles. The zero-order chi connectivity index (χ0) is 18.6. The summed E-state index contributed by atoms with van der Waals surface area (Å²) in [5.41, 5.74) is 4.22. The number of hydrogen-bond donors (Lipinski definition) is 2. The Morgan fingerprint density at radius 3 is 2.67 bits per heavy atom. The molecule has 0 aromatic carbocycles. The van der Waals surface area contributed by atoms with E-state index in [4.69, 9.17) is 0 Å². The van der Waals surface area contributed by atoms with Crippen molar-refractivity contribution >= 4 is 0 Å². The number of rotatable bonds is 2. The van der Waals surface area contributed by atoms with Gasteiger partial charge in [0.1, 0.15) is 0 Å². The number of fused-ring (bicyclic) bond motifs is 5. The van der Waals surface area contributed by atoms with Crippen molar-refractivity contribution in [3.05, 3.63) is 23.3 Å². The van der Waals surface area contributed by atoms with E-state index in [2.05, 4.69) is 31.3 Å². The lowest BCUT2D eigenvalue weighted by molar-refractivity contribution is -0.0304. The molecule has 1 saturated heterocycles. The van der Waals surface area contributed by atoms with Crippen molar-refractivity contribution in [2.75, 3.05) is 6.54 Å². The normalized spacial score (nSPS) is 49.5. The van der Waals surface area contributed by atoms with Crippen LogP contribution in [0.15, 0.2) is 23.3 Å². The van der Waals surface area contributed by atoms with Crippen LogP contribution in [0.4, 0.5) is 0 Å². The van der Waals surface area contributed by atoms with Gasteiger partial charge in [0.25, 0.3) is 0 Å². The second kappa shape index (κ2) is 6.73. The van der Waals surface area contributed by atoms with Gasteiger partial charge < -0.3 is 10.4 Å². The minimum Gasteiger partial charge on any atom is -0.393 e. The van der Waals surface area contributed by atoms with Crippen molar-refractivity contribution in [1.82, 2.24) is 5.32 Å². The Bertz CT molecular complexity index is 645. The van der Waals surface area contributed by atoms with Crippen LogP contribution in [0.1, 0.15) is 84.5 Å². The third kappa shape index (κ3) is 2.89. The fourth-order valence-electron chi connectivity index (χ4n) is 7.98. The molecule has 1 aliphatic heterocycles. The highest BCUT2D eigenvalue weighted by Crippen LogP contribution is 2.65. The molecule has 0 aromatic heterocycles. The van der Waals surface area contributed by atoms with Gasteiger partial charge in [-0.2, -0.15) is 0 Å². The maximum absolute atomic E-state index is 10.2. The Morgan fingerprint density at radius 2 is 1.85 bits per heavy atom. The number of hydrogen-bond acceptors (Lipinski definition) is 2. The molecule has 2 heteroatoms. The maximum atomic E-state index is 10.2. The Morgan fingerprint density at radius 1 is 1.00 bits per heavy atom. The summed E-state index contributed by atoms with van der Waals surface area (Å²) in [6.45, 7) is 6.38. The molecule has 7 atom stereocenters. The van der Waals surface area contributed by atoms with Crippen LogP contribution in [0, 0.1) is 28.6 Å². The average Bonchev–Trinajstić information content (AvgIpc) is 3.00. The minimum atomic E-state index is -0.0857. The molecule has 3 fully saturated rings. The predicted octanol–water partition coefficient (Wildman–Crippen LogP) is 5.38. The molecule has 5 aliphatic rings. The lowest BCUT2D eigenvalue weighted by Gasteiger charge is -2.58. The van der Waals surface area contributed by atoms with Crippen LogP contribution in [0.25, 0.3) is 0 Å². The van der Waals surface area contributed by atoms with Crippen molar-refractivity contribution < 1.29 is 5.11 Å². The van der Waals surface area contributed by atoms with Gasteiger partial charge in [-0.1, -0.05) is 43.6 Å². The van der Waals surface area contributed by atoms with Crippen LogP contribution in [0.2, 0.25) is 0 Å². The minimum absolute atomic E-state index is 0.0857. The Labute approximate surface area is 165 Å². The van der Waals surface area contributed by atoms with Crippen LogP contribution in [-0.4, -0.2) is 23.8 Å². The number of nitrogens with one attached hydrogen (secondary N) is 1. The monoisotopic (exact) mass is 369 g/mol. The summed E-state index contributed by atoms with van der Waals surface area (Å²) in [5, 5.41) is 14.0. The highest BCUT2D eigenvalue weighted by molar-refractivity contribution is 5.30. The van der Waals surface area contributed by atoms with Crippen LogP contribution in [0.3, 0.4) is 0 Å². The lowest BCUT2D eigenvalue weighted by atomic mass is 9.47. The summed E-state index contributed by atoms with van der Waals surface area (Å²) < 4.78 is 0. The van der Waals surface area contributed by atoms with E-state index < -0.39 is 0 Å². The van der Waals surface area contributed by atoms with Gasteiger partial charge in [0.15, 0.2) is 0 Å². The third-order valence-corrected chi connectivity index (χ3v) is 9.70. The van der Waals surface area contributed by atoms with Gasteiger partial charge in [-0.15, -0.1) is 0 Å². The summed E-state index contributed by atoms with van der Waals surface area (Å²) in [5.74, 6) is 2.57. The van der Waals surface area contributed by atoms with Gasteiger partial charge in [0, 0.05) is 6.04 Å². The third-order valence-electron chi connectivity index (χ3n) is 9.70. The first-order valence-corrected chi connectivity index (χ1v) is 11.8. The van der Waals surface area contributed by atoms with Gasteiger partial charge in [0.2, 0.25) is 0 Å². The van der Waals surface area contributed by atoms with Crippen LogP contribution in [0.5, 0.6) is 0 Å². The Hall–Kier alpha value is -0.600. The Kier molecular flexibility index (Phi) is 4.59. The fraction of sp³-hybridized carbons (Fsp3) is 0.840. The van der Waals surface area contributed by atoms with E-state index in [0.717, 1.165) is 36.6 Å². The molecule has 0 bridgehead atoms. The van der Waals surface area contributed by atoms with Crippen LogP contribution in [-0.2, 0) is 0 Å². The molecule has 2 N–H and O–H groups in total. The molecule has 150 valence electrons. The average molecular weight is 370 g/mol. The van der Waals surface area contributed by atoms with E-state index in [9.17, 15) is 5.11 Å². The number of allylic oxidation sites excluding steroid dienone is 2. The first-order chi connectivity index (χ1) is 13.0. The topological polar surface area (TPSA) is 32.3 Å². The maximum Gasteiger partial charge on any atom is 0.0577 e. The quantitative estimate of drug-likeness (QED) is 0.641. The SMILES string of the molecule is C[C@]12CC[C@H](O)CC1=CC[C@@H]1[C@@H]2CC[C@]2(C)C(CC3CCCCN3)=CC[C@@H]12. The number of aliphatic hydroxyl groups is 1. The molecule has 2 nitrogen and oxygen atoms in total. The smallest absolute Gasteiger partial charge is 0.0577 e. The van der Waals surface area contributed by atoms with Crippen molar-refractivity contribution in [2.45, 2.75) is 96.6 Å². The molecule has 0 spiro atoms. The Balaban J connectivity index is 1.36. The van der Waals surface area contributed by atoms with Crippen molar-refractivity contribution in [3.8, 4) is 0 Å². The standard InChI is InChI=1S/C25H39NO/c1-24-12-10-20(27)16-18(24)6-8-21-22-9-7-17(15-19-5-3-4-14-26-19)25(22,2)13-11-23(21)24/h6-7,19-23,26-27H,3-5,8-16H2,1-2H3/t19?,20-,21-,22-,23-,24-,25+/m0/s1. The highest BCUT2D eigenvalue weighted by Gasteiger charge is 2.56. The highest BCUT2D eigenvalue weighted by atomic mass is 16.3. The second-order valence-electron chi connectivity index (χ2n) is 10.9. The molecular weight excluding hydrogens is 330 g/mol. The summed E-state index contributed by atoms with van der Waals surface area (Å²) >= 11 is 0. The summed E-state index contributed by atoms with van der Waals surface area (Å²) in [6.07, 6.45) is 19.1. The van der Waals surface area contributed by atoms with E-state index >= 15 is 0 Å². The van der Waals surface area contributed by atoms with Gasteiger partial charge in [-0.05, 0) is 99.3 Å². The predicted molar refractivity (Wildman–Crippen MR) is 111 cm³/mol. The first-order valence-electron chi connectivity index (χ1n) is 11.8. The molecule has 0 radical (unpaired) electrons. The second-order valence-corrected chi connectivity index (χ2v) is 10.9. The van der Waals surface area contributed by atoms with Gasteiger partial charge in [0.05, 0.1) is 6.10 Å². The van der Waals surface area contributed by atoms with E-state index in [1.807, 2.05) is 0 Å². The fourth-order valence-corrected chi connectivity index (χ4v) is 7.98. The van der Waals surface area contributed by atoms with Crippen molar-refractivity contribution in [3.63, 3.8) is 0 Å². The summed E-state index contributed by atoms with van der Waals surface area (Å²) in [4.78, 5) is 0. The number of aliphatic hydroxyl groups excluding tert-OH is 1. The zero-order valence-corrected chi connectivity index (χ0v) is 17.5.